The lowest BCUT2D eigenvalue weighted by Crippen LogP contribution is -2.29. The van der Waals surface area contributed by atoms with E-state index >= 15 is 0 Å². The van der Waals surface area contributed by atoms with Gasteiger partial charge in [-0.2, -0.15) is 0 Å². The van der Waals surface area contributed by atoms with E-state index in [1.807, 2.05) is 0 Å². The summed E-state index contributed by atoms with van der Waals surface area (Å²) in [6, 6.07) is 0. The van der Waals surface area contributed by atoms with E-state index in [1.54, 1.807) is 0 Å². The number of carboxylic acid groups (broad SMARTS) is 4. The highest BCUT2D eigenvalue weighted by Gasteiger charge is 1.90. The Balaban J connectivity index is -0.0000000657. The third-order valence-corrected chi connectivity index (χ3v) is 1.14. The van der Waals surface area contributed by atoms with Gasteiger partial charge in [0.1, 0.15) is 0 Å². The summed E-state index contributed by atoms with van der Waals surface area (Å²) in [7, 11) is 0. The van der Waals surface area contributed by atoms with Gasteiger partial charge in [-0.25, -0.2) is 0 Å². The fraction of sp³-hybridized carbons (Fsp3) is 0.714. The van der Waals surface area contributed by atoms with Crippen molar-refractivity contribution in [2.75, 3.05) is 0 Å². The highest BCUT2D eigenvalue weighted by molar-refractivity contribution is 5.63. The molecule has 0 aliphatic heterocycles. The summed E-state index contributed by atoms with van der Waals surface area (Å²) in [6.45, 7) is 6.50. The van der Waals surface area contributed by atoms with Crippen molar-refractivity contribution in [1.82, 2.24) is 0 Å². The fourth-order valence-electron chi connectivity index (χ4n) is 0.630. The van der Waals surface area contributed by atoms with Gasteiger partial charge in [0.25, 0.3) is 23.9 Å². The highest BCUT2D eigenvalue weighted by atomic mass is 16.4. The van der Waals surface area contributed by atoms with Crippen LogP contribution < -0.4 is 11.5 Å². The van der Waals surface area contributed by atoms with Crippen LogP contribution in [-0.4, -0.2) is 50.5 Å². The Morgan fingerprint density at radius 1 is 0.708 bits per heavy atom. The van der Waals surface area contributed by atoms with Gasteiger partial charge in [-0.3, -0.25) is 19.2 Å². The molecule has 0 saturated carbocycles. The second kappa shape index (κ2) is 28.9. The number of carboxylic acids is 4. The van der Waals surface area contributed by atoms with E-state index in [2.05, 4.69) is 6.92 Å². The SMILES string of the molecule is CC(=O)O.CC(=O)O.CC(=O)O.CC(=O)O.CCCCCC(N)N. The van der Waals surface area contributed by atoms with Gasteiger partial charge < -0.3 is 31.9 Å². The monoisotopic (exact) mass is 356 g/mol. The maximum atomic E-state index is 9.00. The van der Waals surface area contributed by atoms with Crippen molar-refractivity contribution in [3.8, 4) is 0 Å². The molecule has 0 bridgehead atoms. The van der Waals surface area contributed by atoms with Crippen molar-refractivity contribution >= 4 is 23.9 Å². The molecule has 0 fully saturated rings. The predicted octanol–water partition coefficient (Wildman–Crippen LogP) is 1.17. The molecule has 24 heavy (non-hydrogen) atoms. The summed E-state index contributed by atoms with van der Waals surface area (Å²) >= 11 is 0. The molecule has 0 aromatic carbocycles. The number of hydrogen-bond acceptors (Lipinski definition) is 6. The van der Waals surface area contributed by atoms with E-state index in [4.69, 9.17) is 51.1 Å². The fourth-order valence-corrected chi connectivity index (χ4v) is 0.630. The smallest absolute Gasteiger partial charge is 0.300 e. The number of nitrogens with two attached hydrogens (primary N) is 2. The van der Waals surface area contributed by atoms with E-state index < -0.39 is 23.9 Å². The zero-order valence-electron chi connectivity index (χ0n) is 15.0. The zero-order valence-corrected chi connectivity index (χ0v) is 15.0. The van der Waals surface area contributed by atoms with Gasteiger partial charge in [-0.15, -0.1) is 0 Å². The van der Waals surface area contributed by atoms with Gasteiger partial charge in [-0.05, 0) is 6.42 Å². The topological polar surface area (TPSA) is 201 Å². The molecule has 0 amide bonds. The van der Waals surface area contributed by atoms with Crippen LogP contribution in [0.5, 0.6) is 0 Å². The van der Waals surface area contributed by atoms with Gasteiger partial charge in [0.15, 0.2) is 0 Å². The normalized spacial score (nSPS) is 7.67. The number of hydrogen-bond donors (Lipinski definition) is 6. The van der Waals surface area contributed by atoms with Crippen LogP contribution in [0.3, 0.4) is 0 Å². The molecule has 10 nitrogen and oxygen atoms in total. The van der Waals surface area contributed by atoms with Crippen LogP contribution in [0.4, 0.5) is 0 Å². The molecule has 0 aliphatic rings. The Morgan fingerprint density at radius 2 is 0.917 bits per heavy atom. The number of carbonyl (C=O) groups is 4. The Labute approximate surface area is 142 Å². The third-order valence-electron chi connectivity index (χ3n) is 1.14. The Morgan fingerprint density at radius 3 is 1.04 bits per heavy atom. The molecule has 0 aliphatic carbocycles. The Hall–Kier alpha value is -2.20. The van der Waals surface area contributed by atoms with Crippen LogP contribution in [0.25, 0.3) is 0 Å². The molecule has 0 heterocycles. The zero-order chi connectivity index (χ0) is 20.7. The molecule has 0 atom stereocenters. The summed E-state index contributed by atoms with van der Waals surface area (Å²) in [5, 5.41) is 29.7. The first-order valence-corrected chi connectivity index (χ1v) is 6.99. The molecule has 0 saturated heterocycles. The Bertz CT molecular complexity index is 256. The third kappa shape index (κ3) is 893. The summed E-state index contributed by atoms with van der Waals surface area (Å²) in [6.07, 6.45) is 4.54. The lowest BCUT2D eigenvalue weighted by molar-refractivity contribution is -0.135. The minimum Gasteiger partial charge on any atom is -0.481 e. The van der Waals surface area contributed by atoms with Gasteiger partial charge in [0, 0.05) is 27.7 Å². The standard InChI is InChI=1S/C6H16N2.4C2H4O2/c1-2-3-4-5-6(7)8;4*1-2(3)4/h6H,2-5,7-8H2,1H3;4*1H3,(H,3,4). The molecule has 0 aromatic heterocycles. The molecule has 10 heteroatoms. The van der Waals surface area contributed by atoms with Crippen molar-refractivity contribution in [1.29, 1.82) is 0 Å². The molecule has 0 unspecified atom stereocenters. The number of rotatable bonds is 4. The van der Waals surface area contributed by atoms with Crippen LogP contribution in [0.1, 0.15) is 60.3 Å². The minimum atomic E-state index is -0.833. The van der Waals surface area contributed by atoms with Crippen LogP contribution in [0.15, 0.2) is 0 Å². The van der Waals surface area contributed by atoms with E-state index in [-0.39, 0.29) is 6.17 Å². The predicted molar refractivity (Wildman–Crippen MR) is 89.5 cm³/mol. The maximum absolute atomic E-state index is 9.00. The molecule has 8 N–H and O–H groups in total. The largest absolute Gasteiger partial charge is 0.481 e. The molecule has 0 rings (SSSR count). The van der Waals surface area contributed by atoms with Crippen molar-refractivity contribution in [3.05, 3.63) is 0 Å². The van der Waals surface area contributed by atoms with Crippen molar-refractivity contribution in [2.24, 2.45) is 11.5 Å². The lowest BCUT2D eigenvalue weighted by Gasteiger charge is -2.01. The Kier molecular flexibility index (Phi) is 40.2. The average Bonchev–Trinajstić information content (AvgIpc) is 2.25. The van der Waals surface area contributed by atoms with Crippen molar-refractivity contribution < 1.29 is 39.6 Å². The molecule has 0 radical (unpaired) electrons. The highest BCUT2D eigenvalue weighted by Crippen LogP contribution is 1.97. The van der Waals surface area contributed by atoms with E-state index in [0.29, 0.717) is 0 Å². The molecule has 0 aromatic rings. The summed E-state index contributed by atoms with van der Waals surface area (Å²) < 4.78 is 0. The summed E-state index contributed by atoms with van der Waals surface area (Å²) in [5.41, 5.74) is 10.6. The molecule has 0 spiro atoms. The van der Waals surface area contributed by atoms with Gasteiger partial charge in [0.05, 0.1) is 6.17 Å². The lowest BCUT2D eigenvalue weighted by atomic mass is 10.2. The average molecular weight is 356 g/mol. The maximum Gasteiger partial charge on any atom is 0.300 e. The van der Waals surface area contributed by atoms with Crippen molar-refractivity contribution in [2.45, 2.75) is 66.5 Å². The van der Waals surface area contributed by atoms with Crippen LogP contribution in [0.2, 0.25) is 0 Å². The van der Waals surface area contributed by atoms with Gasteiger partial charge in [0.2, 0.25) is 0 Å². The molecular formula is C14H32N2O8. The second-order valence-electron chi connectivity index (χ2n) is 4.24. The van der Waals surface area contributed by atoms with E-state index in [0.717, 1.165) is 34.1 Å². The minimum absolute atomic E-state index is 0.0958. The van der Waals surface area contributed by atoms with Gasteiger partial charge >= 0.3 is 0 Å². The van der Waals surface area contributed by atoms with Crippen molar-refractivity contribution in [3.63, 3.8) is 0 Å². The first-order chi connectivity index (χ1) is 10.7. The first kappa shape index (κ1) is 33.4. The quantitative estimate of drug-likeness (QED) is 0.313. The van der Waals surface area contributed by atoms with Gasteiger partial charge in [-0.1, -0.05) is 26.2 Å². The second-order valence-corrected chi connectivity index (χ2v) is 4.24. The van der Waals surface area contributed by atoms with Crippen LogP contribution in [0, 0.1) is 0 Å². The molecule has 146 valence electrons. The molecular weight excluding hydrogens is 324 g/mol. The van der Waals surface area contributed by atoms with E-state index in [1.165, 1.54) is 19.3 Å². The van der Waals surface area contributed by atoms with Crippen LogP contribution >= 0.6 is 0 Å². The first-order valence-electron chi connectivity index (χ1n) is 6.99. The summed E-state index contributed by atoms with van der Waals surface area (Å²) in [5.74, 6) is -3.33. The van der Waals surface area contributed by atoms with E-state index in [9.17, 15) is 0 Å². The van der Waals surface area contributed by atoms with Crippen LogP contribution in [-0.2, 0) is 19.2 Å². The summed E-state index contributed by atoms with van der Waals surface area (Å²) in [4.78, 5) is 36.0. The number of aliphatic carboxylic acids is 4. The number of unbranched alkanes of at least 4 members (excludes halogenated alkanes) is 2.